The first-order valence-corrected chi connectivity index (χ1v) is 5.32. The van der Waals surface area contributed by atoms with Crippen LogP contribution in [0.3, 0.4) is 0 Å². The lowest BCUT2D eigenvalue weighted by Gasteiger charge is -2.14. The van der Waals surface area contributed by atoms with Crippen molar-refractivity contribution < 1.29 is 9.90 Å². The minimum Gasteiger partial charge on any atom is -0.465 e. The van der Waals surface area contributed by atoms with Crippen LogP contribution in [0.25, 0.3) is 0 Å². The second-order valence-corrected chi connectivity index (χ2v) is 5.13. The van der Waals surface area contributed by atoms with Gasteiger partial charge in [-0.15, -0.1) is 0 Å². The van der Waals surface area contributed by atoms with E-state index in [4.69, 9.17) is 5.11 Å². The third-order valence-corrected chi connectivity index (χ3v) is 2.23. The molecule has 0 spiro atoms. The minimum absolute atomic E-state index is 0.0882. The monoisotopic (exact) mass is 225 g/mol. The molecule has 90 valence electrons. The third-order valence-electron chi connectivity index (χ3n) is 2.23. The van der Waals surface area contributed by atoms with E-state index in [2.05, 4.69) is 10.4 Å². The van der Waals surface area contributed by atoms with Crippen LogP contribution >= 0.6 is 0 Å². The van der Waals surface area contributed by atoms with E-state index in [1.807, 2.05) is 34.6 Å². The third kappa shape index (κ3) is 2.74. The fourth-order valence-electron chi connectivity index (χ4n) is 1.36. The van der Waals surface area contributed by atoms with Crippen molar-refractivity contribution in [2.75, 3.05) is 5.32 Å². The molecular formula is C11H19N3O2. The number of aromatic nitrogens is 2. The first-order chi connectivity index (χ1) is 7.21. The molecule has 0 saturated carbocycles. The van der Waals surface area contributed by atoms with E-state index in [9.17, 15) is 4.79 Å². The molecule has 1 aromatic heterocycles. The average Bonchev–Trinajstić information content (AvgIpc) is 2.45. The Balaban J connectivity index is 3.15. The highest BCUT2D eigenvalue weighted by atomic mass is 16.4. The van der Waals surface area contributed by atoms with Gasteiger partial charge >= 0.3 is 6.09 Å². The Morgan fingerprint density at radius 3 is 2.44 bits per heavy atom. The molecule has 0 saturated heterocycles. The van der Waals surface area contributed by atoms with Crippen molar-refractivity contribution in [1.29, 1.82) is 0 Å². The van der Waals surface area contributed by atoms with Crippen LogP contribution in [0.5, 0.6) is 0 Å². The van der Waals surface area contributed by atoms with Gasteiger partial charge in [-0.05, 0) is 13.8 Å². The SMILES string of the molecule is CC(C)n1nc(C(C)(C)C)cc1NC(=O)O. The molecular weight excluding hydrogens is 206 g/mol. The summed E-state index contributed by atoms with van der Waals surface area (Å²) in [5, 5.41) is 15.5. The standard InChI is InChI=1S/C11H19N3O2/c1-7(2)14-9(12-10(15)16)6-8(13-14)11(3,4)5/h6-7,12H,1-5H3,(H,15,16). The summed E-state index contributed by atoms with van der Waals surface area (Å²) >= 11 is 0. The molecule has 5 nitrogen and oxygen atoms in total. The maximum Gasteiger partial charge on any atom is 0.410 e. The number of carboxylic acid groups (broad SMARTS) is 1. The van der Waals surface area contributed by atoms with E-state index in [0.717, 1.165) is 5.69 Å². The van der Waals surface area contributed by atoms with Crippen LogP contribution in [0.1, 0.15) is 46.4 Å². The van der Waals surface area contributed by atoms with E-state index in [0.29, 0.717) is 5.82 Å². The number of carbonyl (C=O) groups is 1. The molecule has 0 unspecified atom stereocenters. The largest absolute Gasteiger partial charge is 0.465 e. The summed E-state index contributed by atoms with van der Waals surface area (Å²) in [4.78, 5) is 10.7. The quantitative estimate of drug-likeness (QED) is 0.813. The molecule has 0 atom stereocenters. The van der Waals surface area contributed by atoms with Crippen LogP contribution < -0.4 is 5.32 Å². The van der Waals surface area contributed by atoms with Gasteiger partial charge in [0.2, 0.25) is 0 Å². The zero-order valence-corrected chi connectivity index (χ0v) is 10.4. The van der Waals surface area contributed by atoms with E-state index in [1.54, 1.807) is 10.7 Å². The molecule has 2 N–H and O–H groups in total. The first kappa shape index (κ1) is 12.5. The van der Waals surface area contributed by atoms with Gasteiger partial charge in [0, 0.05) is 17.5 Å². The lowest BCUT2D eigenvalue weighted by Crippen LogP contribution is -2.15. The smallest absolute Gasteiger partial charge is 0.410 e. The van der Waals surface area contributed by atoms with E-state index < -0.39 is 6.09 Å². The van der Waals surface area contributed by atoms with Crippen molar-refractivity contribution in [3.63, 3.8) is 0 Å². The molecule has 1 aromatic rings. The summed E-state index contributed by atoms with van der Waals surface area (Å²) in [6, 6.07) is 1.91. The van der Waals surface area contributed by atoms with Gasteiger partial charge in [-0.25, -0.2) is 9.48 Å². The zero-order valence-electron chi connectivity index (χ0n) is 10.4. The molecule has 0 radical (unpaired) electrons. The molecule has 1 heterocycles. The Bertz CT molecular complexity index is 388. The predicted molar refractivity (Wildman–Crippen MR) is 63.0 cm³/mol. The molecule has 1 amide bonds. The number of rotatable bonds is 2. The molecule has 0 aromatic carbocycles. The molecule has 16 heavy (non-hydrogen) atoms. The van der Waals surface area contributed by atoms with Crippen LogP contribution in [0.4, 0.5) is 10.6 Å². The number of amides is 1. The van der Waals surface area contributed by atoms with Gasteiger partial charge in [0.05, 0.1) is 5.69 Å². The molecule has 0 bridgehead atoms. The summed E-state index contributed by atoms with van der Waals surface area (Å²) < 4.78 is 1.69. The summed E-state index contributed by atoms with van der Waals surface area (Å²) in [5.74, 6) is 0.521. The van der Waals surface area contributed by atoms with Crippen molar-refractivity contribution in [3.8, 4) is 0 Å². The van der Waals surface area contributed by atoms with Crippen molar-refractivity contribution >= 4 is 11.9 Å². The molecule has 5 heteroatoms. The summed E-state index contributed by atoms with van der Waals surface area (Å²) in [6.07, 6.45) is -1.07. The van der Waals surface area contributed by atoms with Crippen LogP contribution in [-0.2, 0) is 5.41 Å². The molecule has 0 fully saturated rings. The van der Waals surface area contributed by atoms with E-state index in [-0.39, 0.29) is 11.5 Å². The highest BCUT2D eigenvalue weighted by molar-refractivity contribution is 5.81. The van der Waals surface area contributed by atoms with Gasteiger partial charge in [-0.1, -0.05) is 20.8 Å². The van der Waals surface area contributed by atoms with Crippen molar-refractivity contribution in [3.05, 3.63) is 11.8 Å². The maximum atomic E-state index is 10.7. The topological polar surface area (TPSA) is 67.2 Å². The van der Waals surface area contributed by atoms with Crippen LogP contribution in [-0.4, -0.2) is 21.0 Å². The fraction of sp³-hybridized carbons (Fsp3) is 0.636. The summed E-state index contributed by atoms with van der Waals surface area (Å²) in [6.45, 7) is 10.1. The van der Waals surface area contributed by atoms with Crippen molar-refractivity contribution in [2.24, 2.45) is 0 Å². The van der Waals surface area contributed by atoms with Crippen LogP contribution in [0.2, 0.25) is 0 Å². The Morgan fingerprint density at radius 1 is 1.50 bits per heavy atom. The molecule has 0 aliphatic carbocycles. The van der Waals surface area contributed by atoms with Gasteiger partial charge in [-0.3, -0.25) is 5.32 Å². The van der Waals surface area contributed by atoms with Crippen LogP contribution in [0.15, 0.2) is 6.07 Å². The first-order valence-electron chi connectivity index (χ1n) is 5.32. The Labute approximate surface area is 95.5 Å². The lowest BCUT2D eigenvalue weighted by atomic mass is 9.92. The summed E-state index contributed by atoms with van der Waals surface area (Å²) in [7, 11) is 0. The van der Waals surface area contributed by atoms with Gasteiger partial charge in [0.15, 0.2) is 0 Å². The Hall–Kier alpha value is -1.52. The summed E-state index contributed by atoms with van der Waals surface area (Å²) in [5.41, 5.74) is 0.791. The predicted octanol–water partition coefficient (Wildman–Crippen LogP) is 2.85. The molecule has 0 aliphatic rings. The van der Waals surface area contributed by atoms with Gasteiger partial charge in [0.25, 0.3) is 0 Å². The number of nitrogens with zero attached hydrogens (tertiary/aromatic N) is 2. The second kappa shape index (κ2) is 4.15. The van der Waals surface area contributed by atoms with Gasteiger partial charge in [0.1, 0.15) is 5.82 Å². The maximum absolute atomic E-state index is 10.7. The Kier molecular flexibility index (Phi) is 3.26. The van der Waals surface area contributed by atoms with E-state index >= 15 is 0 Å². The van der Waals surface area contributed by atoms with Gasteiger partial charge < -0.3 is 5.11 Å². The van der Waals surface area contributed by atoms with Crippen molar-refractivity contribution in [2.45, 2.75) is 46.1 Å². The minimum atomic E-state index is -1.07. The van der Waals surface area contributed by atoms with E-state index in [1.165, 1.54) is 0 Å². The highest BCUT2D eigenvalue weighted by Crippen LogP contribution is 2.25. The number of hydrogen-bond donors (Lipinski definition) is 2. The molecule has 1 rings (SSSR count). The van der Waals surface area contributed by atoms with Crippen LogP contribution in [0, 0.1) is 0 Å². The Morgan fingerprint density at radius 2 is 2.06 bits per heavy atom. The normalized spacial score (nSPS) is 11.9. The fourth-order valence-corrected chi connectivity index (χ4v) is 1.36. The highest BCUT2D eigenvalue weighted by Gasteiger charge is 2.21. The molecule has 0 aliphatic heterocycles. The number of anilines is 1. The lowest BCUT2D eigenvalue weighted by molar-refractivity contribution is 0.209. The average molecular weight is 225 g/mol. The number of hydrogen-bond acceptors (Lipinski definition) is 2. The number of nitrogens with one attached hydrogen (secondary N) is 1. The van der Waals surface area contributed by atoms with Gasteiger partial charge in [-0.2, -0.15) is 5.10 Å². The second-order valence-electron chi connectivity index (χ2n) is 5.13. The van der Waals surface area contributed by atoms with Crippen molar-refractivity contribution in [1.82, 2.24) is 9.78 Å². The zero-order chi connectivity index (χ0) is 12.5.